The highest BCUT2D eigenvalue weighted by Gasteiger charge is 2.25. The molecular weight excluding hydrogens is 242 g/mol. The Labute approximate surface area is 113 Å². The van der Waals surface area contributed by atoms with E-state index in [1.54, 1.807) is 19.3 Å². The second-order valence-electron chi connectivity index (χ2n) is 4.96. The number of nitrogens with one attached hydrogen (secondary N) is 1. The van der Waals surface area contributed by atoms with Crippen LogP contribution < -0.4 is 16.6 Å². The number of hydrogen-bond acceptors (Lipinski definition) is 3. The third kappa shape index (κ3) is 3.67. The largest absolute Gasteiger partial charge is 0.351 e. The van der Waals surface area contributed by atoms with Crippen molar-refractivity contribution in [2.45, 2.75) is 26.7 Å². The Morgan fingerprint density at radius 2 is 2.05 bits per heavy atom. The Hall–Kier alpha value is -1.62. The third-order valence-electron chi connectivity index (χ3n) is 3.92. The van der Waals surface area contributed by atoms with Crippen LogP contribution in [0.3, 0.4) is 0 Å². The molecular formula is C14H23N3O2. The fraction of sp³-hybridized carbons (Fsp3) is 0.571. The van der Waals surface area contributed by atoms with E-state index in [0.29, 0.717) is 18.7 Å². The average molecular weight is 265 g/mol. The van der Waals surface area contributed by atoms with Crippen LogP contribution >= 0.6 is 0 Å². The van der Waals surface area contributed by atoms with Gasteiger partial charge in [0.15, 0.2) is 0 Å². The number of carbonyl (C=O) groups excluding carboxylic acids is 1. The average Bonchev–Trinajstić information content (AvgIpc) is 2.43. The van der Waals surface area contributed by atoms with E-state index < -0.39 is 0 Å². The van der Waals surface area contributed by atoms with E-state index in [-0.39, 0.29) is 16.9 Å². The van der Waals surface area contributed by atoms with Crippen molar-refractivity contribution >= 4 is 5.91 Å². The molecule has 1 aromatic rings. The van der Waals surface area contributed by atoms with Crippen LogP contribution in [-0.4, -0.2) is 23.6 Å². The first-order chi connectivity index (χ1) is 8.98. The zero-order chi connectivity index (χ0) is 14.5. The fourth-order valence-electron chi connectivity index (χ4n) is 1.92. The van der Waals surface area contributed by atoms with Gasteiger partial charge in [0.25, 0.3) is 11.5 Å². The van der Waals surface area contributed by atoms with Crippen LogP contribution in [0.15, 0.2) is 23.1 Å². The van der Waals surface area contributed by atoms with Gasteiger partial charge in [-0.25, -0.2) is 0 Å². The molecule has 0 aliphatic rings. The maximum absolute atomic E-state index is 12.0. The Kier molecular flexibility index (Phi) is 5.30. The van der Waals surface area contributed by atoms with Gasteiger partial charge in [0, 0.05) is 31.4 Å². The minimum atomic E-state index is -0.225. The summed E-state index contributed by atoms with van der Waals surface area (Å²) in [7, 11) is 1.65. The molecule has 0 aliphatic carbocycles. The number of nitrogens with zero attached hydrogens (tertiary/aromatic N) is 1. The number of rotatable bonds is 6. The van der Waals surface area contributed by atoms with Gasteiger partial charge >= 0.3 is 0 Å². The second-order valence-corrected chi connectivity index (χ2v) is 4.96. The van der Waals surface area contributed by atoms with Crippen LogP contribution in [0.4, 0.5) is 0 Å². The first-order valence-corrected chi connectivity index (χ1v) is 6.63. The third-order valence-corrected chi connectivity index (χ3v) is 3.92. The minimum Gasteiger partial charge on any atom is -0.351 e. The summed E-state index contributed by atoms with van der Waals surface area (Å²) in [6.07, 6.45) is 3.42. The summed E-state index contributed by atoms with van der Waals surface area (Å²) >= 11 is 0. The van der Waals surface area contributed by atoms with E-state index in [9.17, 15) is 9.59 Å². The lowest BCUT2D eigenvalue weighted by atomic mass is 9.82. The number of hydrogen-bond donors (Lipinski definition) is 2. The number of aromatic nitrogens is 1. The lowest BCUT2D eigenvalue weighted by Gasteiger charge is -2.30. The van der Waals surface area contributed by atoms with E-state index in [0.717, 1.165) is 12.8 Å². The number of amides is 1. The van der Waals surface area contributed by atoms with Crippen molar-refractivity contribution in [3.8, 4) is 0 Å². The van der Waals surface area contributed by atoms with Crippen molar-refractivity contribution in [3.05, 3.63) is 34.2 Å². The monoisotopic (exact) mass is 265 g/mol. The summed E-state index contributed by atoms with van der Waals surface area (Å²) in [4.78, 5) is 23.5. The highest BCUT2D eigenvalue weighted by molar-refractivity contribution is 5.93. The van der Waals surface area contributed by atoms with Gasteiger partial charge in [0.05, 0.1) is 0 Å². The zero-order valence-electron chi connectivity index (χ0n) is 11.9. The highest BCUT2D eigenvalue weighted by Crippen LogP contribution is 2.23. The van der Waals surface area contributed by atoms with Crippen LogP contribution in [0.1, 0.15) is 37.0 Å². The molecule has 1 rings (SSSR count). The van der Waals surface area contributed by atoms with E-state index in [1.165, 1.54) is 10.6 Å². The SMILES string of the molecule is CCC(CC)(CN)CNC(=O)c1ccn(C)c(=O)c1. The second kappa shape index (κ2) is 6.52. The molecule has 0 spiro atoms. The Morgan fingerprint density at radius 3 is 2.53 bits per heavy atom. The van der Waals surface area contributed by atoms with Gasteiger partial charge < -0.3 is 15.6 Å². The Bertz CT molecular complexity index is 481. The van der Waals surface area contributed by atoms with E-state index in [4.69, 9.17) is 5.73 Å². The van der Waals surface area contributed by atoms with Gasteiger partial charge in [-0.3, -0.25) is 9.59 Å². The van der Waals surface area contributed by atoms with E-state index in [2.05, 4.69) is 19.2 Å². The van der Waals surface area contributed by atoms with Crippen molar-refractivity contribution in [3.63, 3.8) is 0 Å². The molecule has 19 heavy (non-hydrogen) atoms. The summed E-state index contributed by atoms with van der Waals surface area (Å²) in [5.41, 5.74) is 5.93. The fourth-order valence-corrected chi connectivity index (χ4v) is 1.92. The summed E-state index contributed by atoms with van der Waals surface area (Å²) in [6, 6.07) is 2.98. The maximum Gasteiger partial charge on any atom is 0.251 e. The predicted molar refractivity (Wildman–Crippen MR) is 76.1 cm³/mol. The summed E-state index contributed by atoms with van der Waals surface area (Å²) in [6.45, 7) is 5.21. The topological polar surface area (TPSA) is 77.1 Å². The summed E-state index contributed by atoms with van der Waals surface area (Å²) in [5, 5.41) is 2.87. The summed E-state index contributed by atoms with van der Waals surface area (Å²) < 4.78 is 1.43. The molecule has 0 radical (unpaired) electrons. The first-order valence-electron chi connectivity index (χ1n) is 6.63. The molecule has 0 saturated heterocycles. The van der Waals surface area contributed by atoms with E-state index >= 15 is 0 Å². The number of nitrogens with two attached hydrogens (primary N) is 1. The Morgan fingerprint density at radius 1 is 1.42 bits per heavy atom. The number of carbonyl (C=O) groups is 1. The molecule has 3 N–H and O–H groups in total. The smallest absolute Gasteiger partial charge is 0.251 e. The van der Waals surface area contributed by atoms with Crippen LogP contribution in [-0.2, 0) is 7.05 Å². The van der Waals surface area contributed by atoms with Gasteiger partial charge in [0.2, 0.25) is 0 Å². The molecule has 1 heterocycles. The molecule has 5 nitrogen and oxygen atoms in total. The van der Waals surface area contributed by atoms with Crippen molar-refractivity contribution < 1.29 is 4.79 Å². The molecule has 106 valence electrons. The quantitative estimate of drug-likeness (QED) is 0.801. The van der Waals surface area contributed by atoms with Crippen molar-refractivity contribution in [2.24, 2.45) is 18.2 Å². The van der Waals surface area contributed by atoms with Crippen molar-refractivity contribution in [1.82, 2.24) is 9.88 Å². The molecule has 0 unspecified atom stereocenters. The molecule has 0 saturated carbocycles. The standard InChI is InChI=1S/C14H23N3O2/c1-4-14(5-2,9-15)10-16-13(19)11-6-7-17(3)12(18)8-11/h6-8H,4-5,9-10,15H2,1-3H3,(H,16,19). The lowest BCUT2D eigenvalue weighted by molar-refractivity contribution is 0.0928. The van der Waals surface area contributed by atoms with Crippen molar-refractivity contribution in [1.29, 1.82) is 0 Å². The van der Waals surface area contributed by atoms with Crippen LogP contribution in [0.2, 0.25) is 0 Å². The van der Waals surface area contributed by atoms with Gasteiger partial charge in [-0.05, 0) is 30.9 Å². The Balaban J connectivity index is 2.75. The molecule has 1 amide bonds. The maximum atomic E-state index is 12.0. The number of aryl methyl sites for hydroxylation is 1. The number of pyridine rings is 1. The minimum absolute atomic E-state index is 0.0601. The van der Waals surface area contributed by atoms with Gasteiger partial charge in [-0.15, -0.1) is 0 Å². The predicted octanol–water partition coefficient (Wildman–Crippen LogP) is 0.880. The van der Waals surface area contributed by atoms with Crippen LogP contribution in [0, 0.1) is 5.41 Å². The molecule has 1 aromatic heterocycles. The molecule has 0 aliphatic heterocycles. The molecule has 0 fully saturated rings. The first kappa shape index (κ1) is 15.4. The van der Waals surface area contributed by atoms with Crippen LogP contribution in [0.25, 0.3) is 0 Å². The molecule has 5 heteroatoms. The van der Waals surface area contributed by atoms with Gasteiger partial charge in [-0.1, -0.05) is 13.8 Å². The highest BCUT2D eigenvalue weighted by atomic mass is 16.2. The lowest BCUT2D eigenvalue weighted by Crippen LogP contribution is -2.42. The van der Waals surface area contributed by atoms with E-state index in [1.807, 2.05) is 0 Å². The molecule has 0 bridgehead atoms. The summed E-state index contributed by atoms with van der Waals surface area (Å²) in [5.74, 6) is -0.225. The van der Waals surface area contributed by atoms with Crippen LogP contribution in [0.5, 0.6) is 0 Å². The van der Waals surface area contributed by atoms with Crippen molar-refractivity contribution in [2.75, 3.05) is 13.1 Å². The molecule has 0 atom stereocenters. The molecule has 0 aromatic carbocycles. The van der Waals surface area contributed by atoms with Gasteiger partial charge in [0.1, 0.15) is 0 Å². The zero-order valence-corrected chi connectivity index (χ0v) is 11.9. The normalized spacial score (nSPS) is 11.4. The van der Waals surface area contributed by atoms with Gasteiger partial charge in [-0.2, -0.15) is 0 Å².